The van der Waals surface area contributed by atoms with Gasteiger partial charge in [0.05, 0.1) is 6.61 Å². The number of rotatable bonds is 18. The van der Waals surface area contributed by atoms with Crippen LogP contribution in [0.2, 0.25) is 0 Å². The van der Waals surface area contributed by atoms with E-state index in [1.165, 1.54) is 44.6 Å². The van der Waals surface area contributed by atoms with Crippen LogP contribution in [-0.4, -0.2) is 35.0 Å². The van der Waals surface area contributed by atoms with Crippen molar-refractivity contribution in [3.63, 3.8) is 0 Å². The molecular weight excluding hydrogens is 372 g/mol. The van der Waals surface area contributed by atoms with Gasteiger partial charge < -0.3 is 14.9 Å². The van der Waals surface area contributed by atoms with E-state index in [2.05, 4.69) is 0 Å². The van der Waals surface area contributed by atoms with Gasteiger partial charge in [-0.25, -0.2) is 4.79 Å². The molecule has 0 spiro atoms. The molecule has 0 atom stereocenters. The van der Waals surface area contributed by atoms with Gasteiger partial charge in [0.2, 0.25) is 0 Å². The van der Waals surface area contributed by atoms with Crippen molar-refractivity contribution >= 4 is 18.2 Å². The van der Waals surface area contributed by atoms with Crippen molar-refractivity contribution in [2.24, 2.45) is 0 Å². The van der Waals surface area contributed by atoms with E-state index in [1.54, 1.807) is 12.1 Å². The smallest absolute Gasteiger partial charge is 0.339 e. The van der Waals surface area contributed by atoms with E-state index >= 15 is 0 Å². The maximum absolute atomic E-state index is 11.2. The first-order chi connectivity index (χ1) is 14.0. The standard InChI is InChI=1S/C23H34O6/c24-18-19-14-15-21(20(17-19)23(27)28)29-16-12-10-8-6-4-2-1-3-5-7-9-11-13-22(25)26/h14-15,17-18H,1-13,16H2,(H,25,26)(H,27,28). The predicted molar refractivity (Wildman–Crippen MR) is 112 cm³/mol. The highest BCUT2D eigenvalue weighted by Crippen LogP contribution is 2.20. The Morgan fingerprint density at radius 3 is 1.79 bits per heavy atom. The van der Waals surface area contributed by atoms with Crippen molar-refractivity contribution in [2.45, 2.75) is 83.5 Å². The Balaban J connectivity index is 1.97. The van der Waals surface area contributed by atoms with E-state index < -0.39 is 11.9 Å². The minimum absolute atomic E-state index is 0.0245. The van der Waals surface area contributed by atoms with Crippen LogP contribution >= 0.6 is 0 Å². The number of unbranched alkanes of at least 4 members (excludes halogenated alkanes) is 11. The highest BCUT2D eigenvalue weighted by molar-refractivity contribution is 5.93. The summed E-state index contributed by atoms with van der Waals surface area (Å²) >= 11 is 0. The Labute approximate surface area is 173 Å². The Bertz CT molecular complexity index is 626. The zero-order valence-electron chi connectivity index (χ0n) is 17.2. The lowest BCUT2D eigenvalue weighted by molar-refractivity contribution is -0.137. The minimum atomic E-state index is -1.09. The first-order valence-corrected chi connectivity index (χ1v) is 10.7. The van der Waals surface area contributed by atoms with Gasteiger partial charge in [-0.05, 0) is 31.0 Å². The Morgan fingerprint density at radius 1 is 0.793 bits per heavy atom. The summed E-state index contributed by atoms with van der Waals surface area (Å²) in [6.45, 7) is 0.475. The average molecular weight is 407 g/mol. The molecule has 6 heteroatoms. The fourth-order valence-corrected chi connectivity index (χ4v) is 3.24. The molecule has 0 amide bonds. The number of aldehydes is 1. The molecule has 0 saturated heterocycles. The quantitative estimate of drug-likeness (QED) is 0.238. The summed E-state index contributed by atoms with van der Waals surface area (Å²) in [4.78, 5) is 32.4. The SMILES string of the molecule is O=Cc1ccc(OCCCCCCCCCCCCCCC(=O)O)c(C(=O)O)c1. The van der Waals surface area contributed by atoms with Crippen LogP contribution in [0.3, 0.4) is 0 Å². The highest BCUT2D eigenvalue weighted by atomic mass is 16.5. The van der Waals surface area contributed by atoms with Crippen LogP contribution in [0.25, 0.3) is 0 Å². The van der Waals surface area contributed by atoms with Crippen LogP contribution in [0, 0.1) is 0 Å². The number of hydrogen-bond donors (Lipinski definition) is 2. The summed E-state index contributed by atoms with van der Waals surface area (Å²) in [6.07, 6.45) is 14.3. The molecule has 0 saturated carbocycles. The number of carboxylic acids is 2. The number of benzene rings is 1. The zero-order valence-corrected chi connectivity index (χ0v) is 17.2. The Hall–Kier alpha value is -2.37. The van der Waals surface area contributed by atoms with Crippen LogP contribution in [-0.2, 0) is 4.79 Å². The van der Waals surface area contributed by atoms with Crippen LogP contribution in [0.15, 0.2) is 18.2 Å². The van der Waals surface area contributed by atoms with E-state index in [-0.39, 0.29) is 12.0 Å². The van der Waals surface area contributed by atoms with E-state index in [9.17, 15) is 19.5 Å². The van der Waals surface area contributed by atoms with Crippen molar-refractivity contribution in [1.29, 1.82) is 0 Å². The monoisotopic (exact) mass is 406 g/mol. The topological polar surface area (TPSA) is 101 Å². The number of aromatic carboxylic acids is 1. The molecule has 0 radical (unpaired) electrons. The molecular formula is C23H34O6. The van der Waals surface area contributed by atoms with Gasteiger partial charge in [0.1, 0.15) is 17.6 Å². The van der Waals surface area contributed by atoms with Gasteiger partial charge in [-0.1, -0.05) is 64.2 Å². The van der Waals surface area contributed by atoms with Crippen LogP contribution < -0.4 is 4.74 Å². The molecule has 6 nitrogen and oxygen atoms in total. The molecule has 29 heavy (non-hydrogen) atoms. The summed E-state index contributed by atoms with van der Waals surface area (Å²) in [5.74, 6) is -1.48. The molecule has 0 aliphatic rings. The van der Waals surface area contributed by atoms with Gasteiger partial charge in [0.25, 0.3) is 0 Å². The molecule has 0 bridgehead atoms. The molecule has 0 aromatic heterocycles. The molecule has 0 heterocycles. The third-order valence-corrected chi connectivity index (χ3v) is 4.91. The van der Waals surface area contributed by atoms with Gasteiger partial charge in [0.15, 0.2) is 0 Å². The third kappa shape index (κ3) is 11.9. The molecule has 2 N–H and O–H groups in total. The normalized spacial score (nSPS) is 10.6. The van der Waals surface area contributed by atoms with E-state index in [0.717, 1.165) is 38.5 Å². The number of ether oxygens (including phenoxy) is 1. The minimum Gasteiger partial charge on any atom is -0.493 e. The molecule has 0 aliphatic heterocycles. The average Bonchev–Trinajstić information content (AvgIpc) is 2.70. The summed E-state index contributed by atoms with van der Waals surface area (Å²) in [7, 11) is 0. The van der Waals surface area contributed by atoms with Crippen molar-refractivity contribution in [3.05, 3.63) is 29.3 Å². The lowest BCUT2D eigenvalue weighted by Gasteiger charge is -2.09. The van der Waals surface area contributed by atoms with E-state index in [4.69, 9.17) is 9.84 Å². The lowest BCUT2D eigenvalue weighted by Crippen LogP contribution is -2.05. The summed E-state index contributed by atoms with van der Waals surface area (Å²) in [5.41, 5.74) is 0.351. The number of carbonyl (C=O) groups is 3. The molecule has 0 aliphatic carbocycles. The fraction of sp³-hybridized carbons (Fsp3) is 0.609. The van der Waals surface area contributed by atoms with Gasteiger partial charge in [-0.3, -0.25) is 9.59 Å². The van der Waals surface area contributed by atoms with E-state index in [0.29, 0.717) is 24.2 Å². The van der Waals surface area contributed by atoms with Gasteiger partial charge in [-0.2, -0.15) is 0 Å². The third-order valence-electron chi connectivity index (χ3n) is 4.91. The maximum atomic E-state index is 11.2. The molecule has 1 rings (SSSR count). The number of carboxylic acid groups (broad SMARTS) is 2. The van der Waals surface area contributed by atoms with Gasteiger partial charge in [-0.15, -0.1) is 0 Å². The number of hydrogen-bond acceptors (Lipinski definition) is 4. The lowest BCUT2D eigenvalue weighted by atomic mass is 10.0. The maximum Gasteiger partial charge on any atom is 0.339 e. The van der Waals surface area contributed by atoms with Crippen LogP contribution in [0.1, 0.15) is 104 Å². The summed E-state index contributed by atoms with van der Waals surface area (Å²) < 4.78 is 5.58. The Kier molecular flexibility index (Phi) is 13.2. The van der Waals surface area contributed by atoms with Crippen molar-refractivity contribution in [1.82, 2.24) is 0 Å². The second kappa shape index (κ2) is 15.5. The second-order valence-corrected chi connectivity index (χ2v) is 7.41. The Morgan fingerprint density at radius 2 is 1.31 bits per heavy atom. The summed E-state index contributed by atoms with van der Waals surface area (Å²) in [5, 5.41) is 17.8. The van der Waals surface area contributed by atoms with Crippen LogP contribution in [0.5, 0.6) is 5.75 Å². The molecule has 1 aromatic carbocycles. The molecule has 0 fully saturated rings. The van der Waals surface area contributed by atoms with Crippen molar-refractivity contribution < 1.29 is 29.3 Å². The molecule has 162 valence electrons. The highest BCUT2D eigenvalue weighted by Gasteiger charge is 2.12. The molecule has 0 unspecified atom stereocenters. The predicted octanol–water partition coefficient (Wildman–Crippen LogP) is 5.73. The number of aliphatic carboxylic acids is 1. The number of carbonyl (C=O) groups excluding carboxylic acids is 1. The molecule has 1 aromatic rings. The van der Waals surface area contributed by atoms with Crippen molar-refractivity contribution in [2.75, 3.05) is 6.61 Å². The van der Waals surface area contributed by atoms with E-state index in [1.807, 2.05) is 0 Å². The van der Waals surface area contributed by atoms with Crippen molar-refractivity contribution in [3.8, 4) is 5.75 Å². The largest absolute Gasteiger partial charge is 0.493 e. The van der Waals surface area contributed by atoms with Gasteiger partial charge in [0, 0.05) is 12.0 Å². The summed E-state index contributed by atoms with van der Waals surface area (Å²) in [6, 6.07) is 4.44. The first kappa shape index (κ1) is 24.7. The van der Waals surface area contributed by atoms with Crippen LogP contribution in [0.4, 0.5) is 0 Å². The zero-order chi connectivity index (χ0) is 21.3. The first-order valence-electron chi connectivity index (χ1n) is 10.7. The van der Waals surface area contributed by atoms with Gasteiger partial charge >= 0.3 is 11.9 Å². The fourth-order valence-electron chi connectivity index (χ4n) is 3.24. The second-order valence-electron chi connectivity index (χ2n) is 7.41.